The number of fused-ring (bicyclic) bond motifs is 5. The van der Waals surface area contributed by atoms with Gasteiger partial charge in [0.2, 0.25) is 0 Å². The lowest BCUT2D eigenvalue weighted by molar-refractivity contribution is 0.196. The molecule has 1 nitrogen and oxygen atoms in total. The average Bonchev–Trinajstić information content (AvgIpc) is 3.13. The van der Waals surface area contributed by atoms with Crippen LogP contribution in [0, 0.1) is 17.7 Å². The maximum Gasteiger partial charge on any atom is 0.127 e. The first-order chi connectivity index (χ1) is 11.8. The average molecular weight is 317 g/mol. The van der Waals surface area contributed by atoms with E-state index in [-0.39, 0.29) is 5.82 Å². The number of rotatable bonds is 2. The monoisotopic (exact) mass is 317 g/mol. The Morgan fingerprint density at radius 2 is 1.75 bits per heavy atom. The van der Waals surface area contributed by atoms with Crippen molar-refractivity contribution < 1.29 is 4.39 Å². The van der Waals surface area contributed by atoms with Crippen LogP contribution in [0.2, 0.25) is 0 Å². The smallest absolute Gasteiger partial charge is 0.127 e. The van der Waals surface area contributed by atoms with E-state index in [4.69, 9.17) is 0 Å². The highest BCUT2D eigenvalue weighted by molar-refractivity contribution is 5.40. The van der Waals surface area contributed by atoms with Gasteiger partial charge in [-0.25, -0.2) is 4.39 Å². The molecule has 1 saturated heterocycles. The molecule has 0 N–H and O–H groups in total. The summed E-state index contributed by atoms with van der Waals surface area (Å²) in [6, 6.07) is 16.7. The van der Waals surface area contributed by atoms with Crippen molar-refractivity contribution in [2.75, 3.05) is 0 Å². The molecule has 0 spiro atoms. The summed E-state index contributed by atoms with van der Waals surface area (Å²) in [5.74, 6) is 1.03. The third kappa shape index (κ3) is 2.03. The number of halogens is 1. The molecule has 24 heavy (non-hydrogen) atoms. The van der Waals surface area contributed by atoms with Crippen LogP contribution in [0.3, 0.4) is 0 Å². The van der Waals surface area contributed by atoms with Crippen LogP contribution in [-0.2, 0) is 13.0 Å². The maximum absolute atomic E-state index is 14.2. The lowest BCUT2D eigenvalue weighted by atomic mass is 9.85. The second-order valence-corrected chi connectivity index (χ2v) is 7.11. The summed E-state index contributed by atoms with van der Waals surface area (Å²) in [5.41, 5.74) is 3.70. The highest BCUT2D eigenvalue weighted by Gasteiger charge is 2.51. The number of nitrogens with zero attached hydrogens (tertiary/aromatic N) is 1. The van der Waals surface area contributed by atoms with E-state index in [2.05, 4.69) is 53.5 Å². The molecule has 2 aliphatic carbocycles. The molecular formula is C22H20FN. The Balaban J connectivity index is 1.58. The van der Waals surface area contributed by atoms with Gasteiger partial charge in [0.25, 0.3) is 0 Å². The largest absolute Gasteiger partial charge is 0.285 e. The van der Waals surface area contributed by atoms with E-state index in [0.717, 1.165) is 12.0 Å². The summed E-state index contributed by atoms with van der Waals surface area (Å²) in [5, 5.41) is 0. The molecule has 4 atom stereocenters. The lowest BCUT2D eigenvalue weighted by Crippen LogP contribution is -2.33. The zero-order chi connectivity index (χ0) is 16.1. The predicted molar refractivity (Wildman–Crippen MR) is 93.9 cm³/mol. The fourth-order valence-corrected chi connectivity index (χ4v) is 4.93. The van der Waals surface area contributed by atoms with Crippen LogP contribution in [0.5, 0.6) is 0 Å². The molecule has 0 amide bonds. The second-order valence-electron chi connectivity index (χ2n) is 7.11. The number of likely N-dealkylation sites (tertiary alicyclic amines) is 1. The predicted octanol–water partition coefficient (Wildman–Crippen LogP) is 4.67. The first-order valence-corrected chi connectivity index (χ1v) is 8.75. The third-order valence-corrected chi connectivity index (χ3v) is 5.93. The molecule has 4 unspecified atom stereocenters. The Hall–Kier alpha value is -2.19. The fourth-order valence-electron chi connectivity index (χ4n) is 4.93. The van der Waals surface area contributed by atoms with Gasteiger partial charge >= 0.3 is 0 Å². The molecular weight excluding hydrogens is 297 g/mol. The molecule has 0 aromatic heterocycles. The van der Waals surface area contributed by atoms with Crippen LogP contribution in [-0.4, -0.2) is 10.9 Å². The SMILES string of the molecule is Fc1ccccc1CN1C2C=CC=CC2C2Cc3ccccc3C21. The van der Waals surface area contributed by atoms with Gasteiger partial charge in [-0.05, 0) is 29.5 Å². The molecule has 2 heteroatoms. The van der Waals surface area contributed by atoms with Gasteiger partial charge in [0.15, 0.2) is 0 Å². The summed E-state index contributed by atoms with van der Waals surface area (Å²) in [7, 11) is 0. The molecule has 5 rings (SSSR count). The Kier molecular flexibility index (Phi) is 3.20. The van der Waals surface area contributed by atoms with Gasteiger partial charge in [0.1, 0.15) is 5.82 Å². The lowest BCUT2D eigenvalue weighted by Gasteiger charge is -2.30. The zero-order valence-corrected chi connectivity index (χ0v) is 13.5. The van der Waals surface area contributed by atoms with Gasteiger partial charge in [-0.15, -0.1) is 0 Å². The van der Waals surface area contributed by atoms with Gasteiger partial charge in [-0.2, -0.15) is 0 Å². The van der Waals surface area contributed by atoms with Gasteiger partial charge in [0.05, 0.1) is 0 Å². The highest BCUT2D eigenvalue weighted by Crippen LogP contribution is 2.53. The molecule has 120 valence electrons. The van der Waals surface area contributed by atoms with E-state index in [0.29, 0.717) is 30.5 Å². The highest BCUT2D eigenvalue weighted by atomic mass is 19.1. The summed E-state index contributed by atoms with van der Waals surface area (Å²) < 4.78 is 14.2. The van der Waals surface area contributed by atoms with Crippen LogP contribution in [0.15, 0.2) is 72.8 Å². The molecule has 1 fully saturated rings. The molecule has 1 aliphatic heterocycles. The minimum absolute atomic E-state index is 0.0980. The number of allylic oxidation sites excluding steroid dienone is 2. The molecule has 0 bridgehead atoms. The van der Waals surface area contributed by atoms with Crippen LogP contribution < -0.4 is 0 Å². The van der Waals surface area contributed by atoms with E-state index in [9.17, 15) is 4.39 Å². The molecule has 0 radical (unpaired) electrons. The number of hydrogen-bond acceptors (Lipinski definition) is 1. The summed E-state index contributed by atoms with van der Waals surface area (Å²) in [6.07, 6.45) is 10.1. The van der Waals surface area contributed by atoms with E-state index < -0.39 is 0 Å². The maximum atomic E-state index is 14.2. The molecule has 2 aromatic carbocycles. The third-order valence-electron chi connectivity index (χ3n) is 5.93. The van der Waals surface area contributed by atoms with Gasteiger partial charge in [-0.1, -0.05) is 66.8 Å². The van der Waals surface area contributed by atoms with Gasteiger partial charge < -0.3 is 0 Å². The van der Waals surface area contributed by atoms with Crippen molar-refractivity contribution >= 4 is 0 Å². The molecule has 3 aliphatic rings. The van der Waals surface area contributed by atoms with Crippen LogP contribution in [0.1, 0.15) is 22.7 Å². The fraction of sp³-hybridized carbons (Fsp3) is 0.273. The number of hydrogen-bond donors (Lipinski definition) is 0. The van der Waals surface area contributed by atoms with E-state index >= 15 is 0 Å². The van der Waals surface area contributed by atoms with E-state index in [1.807, 2.05) is 12.1 Å². The van der Waals surface area contributed by atoms with Gasteiger partial charge in [0, 0.05) is 30.1 Å². The van der Waals surface area contributed by atoms with Gasteiger partial charge in [-0.3, -0.25) is 4.90 Å². The summed E-state index contributed by atoms with van der Waals surface area (Å²) >= 11 is 0. The van der Waals surface area contributed by atoms with Crippen LogP contribution in [0.4, 0.5) is 4.39 Å². The summed E-state index contributed by atoms with van der Waals surface area (Å²) in [4.78, 5) is 2.51. The first-order valence-electron chi connectivity index (χ1n) is 8.75. The molecule has 0 saturated carbocycles. The van der Waals surface area contributed by atoms with Crippen molar-refractivity contribution in [1.29, 1.82) is 0 Å². The Labute approximate surface area is 142 Å². The van der Waals surface area contributed by atoms with Crippen molar-refractivity contribution in [2.24, 2.45) is 11.8 Å². The van der Waals surface area contributed by atoms with Crippen molar-refractivity contribution in [3.63, 3.8) is 0 Å². The van der Waals surface area contributed by atoms with Crippen molar-refractivity contribution in [1.82, 2.24) is 4.90 Å². The Morgan fingerprint density at radius 3 is 2.67 bits per heavy atom. The zero-order valence-electron chi connectivity index (χ0n) is 13.5. The van der Waals surface area contributed by atoms with E-state index in [1.54, 1.807) is 12.1 Å². The van der Waals surface area contributed by atoms with Crippen molar-refractivity contribution in [2.45, 2.75) is 25.0 Å². The first kappa shape index (κ1) is 14.2. The standard InChI is InChI=1S/C22H20FN/c23-20-11-5-2-8-16(20)14-24-21-12-6-4-10-18(21)19-13-15-7-1-3-9-17(15)22(19)24/h1-12,18-19,21-22H,13-14H2. The molecule has 2 aromatic rings. The van der Waals surface area contributed by atoms with Crippen LogP contribution in [0.25, 0.3) is 0 Å². The quantitative estimate of drug-likeness (QED) is 0.778. The Bertz CT molecular complexity index is 837. The molecule has 1 heterocycles. The summed E-state index contributed by atoms with van der Waals surface area (Å²) in [6.45, 7) is 0.668. The normalized spacial score (nSPS) is 30.2. The van der Waals surface area contributed by atoms with Crippen molar-refractivity contribution in [3.8, 4) is 0 Å². The number of benzene rings is 2. The Morgan fingerprint density at radius 1 is 0.958 bits per heavy atom. The minimum Gasteiger partial charge on any atom is -0.285 e. The van der Waals surface area contributed by atoms with E-state index in [1.165, 1.54) is 11.1 Å². The topological polar surface area (TPSA) is 3.24 Å². The second kappa shape index (κ2) is 5.42. The van der Waals surface area contributed by atoms with Crippen molar-refractivity contribution in [3.05, 3.63) is 95.3 Å². The van der Waals surface area contributed by atoms with Crippen LogP contribution >= 0.6 is 0 Å². The minimum atomic E-state index is -0.0980.